The molecular weight excluding hydrogens is 802 g/mol. The van der Waals surface area contributed by atoms with Gasteiger partial charge in [-0.1, -0.05) is 162 Å². The van der Waals surface area contributed by atoms with Crippen LogP contribution in [0.1, 0.15) is 130 Å². The number of fused-ring (bicyclic) bond motifs is 7. The summed E-state index contributed by atoms with van der Waals surface area (Å²) in [6.07, 6.45) is 4.94. The first-order valence-electron chi connectivity index (χ1n) is 24.6. The molecule has 2 atom stereocenters. The predicted molar refractivity (Wildman–Crippen MR) is 287 cm³/mol. The van der Waals surface area contributed by atoms with E-state index in [2.05, 4.69) is 233 Å². The van der Waals surface area contributed by atoms with Gasteiger partial charge < -0.3 is 14.7 Å². The molecule has 0 amide bonds. The van der Waals surface area contributed by atoms with E-state index in [0.29, 0.717) is 0 Å². The lowest BCUT2D eigenvalue weighted by Crippen LogP contribution is -2.61. The molecule has 0 saturated heterocycles. The van der Waals surface area contributed by atoms with Crippen LogP contribution < -0.4 is 36.3 Å². The molecule has 0 aromatic heterocycles. The van der Waals surface area contributed by atoms with Crippen molar-refractivity contribution in [2.24, 2.45) is 0 Å². The molecule has 0 bridgehead atoms. The zero-order chi connectivity index (χ0) is 46.4. The minimum absolute atomic E-state index is 0.00697. The normalized spacial score (nSPS) is 20.3. The summed E-state index contributed by atoms with van der Waals surface area (Å²) in [5.41, 5.74) is 21.3. The maximum Gasteiger partial charge on any atom is 0.252 e. The van der Waals surface area contributed by atoms with Gasteiger partial charge in [-0.05, 0) is 148 Å². The molecule has 65 heavy (non-hydrogen) atoms. The van der Waals surface area contributed by atoms with Crippen molar-refractivity contribution in [3.05, 3.63) is 143 Å². The third-order valence-electron chi connectivity index (χ3n) is 16.3. The number of anilines is 8. The fraction of sp³-hybridized carbons (Fsp3) is 0.400. The van der Waals surface area contributed by atoms with Crippen molar-refractivity contribution in [1.82, 2.24) is 0 Å². The first-order valence-corrected chi connectivity index (χ1v) is 28.1. The fourth-order valence-electron chi connectivity index (χ4n) is 12.1. The van der Waals surface area contributed by atoms with E-state index in [0.717, 1.165) is 0 Å². The Labute approximate surface area is 393 Å². The summed E-state index contributed by atoms with van der Waals surface area (Å²) in [5.74, 6) is 0. The third-order valence-corrected chi connectivity index (χ3v) is 18.3. The average molecular weight is 874 g/mol. The monoisotopic (exact) mass is 874 g/mol. The molecule has 5 heteroatoms. The summed E-state index contributed by atoms with van der Waals surface area (Å²) in [4.78, 5) is 8.02. The summed E-state index contributed by atoms with van der Waals surface area (Å²) in [6, 6.07) is 46.3. The number of nitrogens with zero attached hydrogens (tertiary/aromatic N) is 3. The Morgan fingerprint density at radius 3 is 1.69 bits per heavy atom. The van der Waals surface area contributed by atoms with Crippen LogP contribution in [0.3, 0.4) is 0 Å². The molecule has 1 saturated carbocycles. The Bertz CT molecular complexity index is 2880. The number of hydrogen-bond donors (Lipinski definition) is 0. The molecule has 334 valence electrons. The largest absolute Gasteiger partial charge is 0.334 e. The van der Waals surface area contributed by atoms with Gasteiger partial charge in [-0.15, -0.1) is 0 Å². The molecule has 6 aromatic carbocycles. The van der Waals surface area contributed by atoms with Crippen LogP contribution in [-0.2, 0) is 21.7 Å². The molecule has 1 fully saturated rings. The van der Waals surface area contributed by atoms with Crippen LogP contribution in [0, 0.1) is 6.92 Å². The van der Waals surface area contributed by atoms with Crippen molar-refractivity contribution in [3.8, 4) is 0 Å². The molecule has 0 spiro atoms. The quantitative estimate of drug-likeness (QED) is 0.163. The van der Waals surface area contributed by atoms with Gasteiger partial charge in [0.1, 0.15) is 0 Å². The Balaban J connectivity index is 1.26. The maximum absolute atomic E-state index is 2.79. The first-order chi connectivity index (χ1) is 30.4. The number of hydrogen-bond acceptors (Lipinski definition) is 3. The van der Waals surface area contributed by atoms with Gasteiger partial charge >= 0.3 is 0 Å². The van der Waals surface area contributed by atoms with Gasteiger partial charge in [-0.2, -0.15) is 0 Å². The van der Waals surface area contributed by atoms with Gasteiger partial charge in [0, 0.05) is 50.9 Å². The summed E-state index contributed by atoms with van der Waals surface area (Å²) >= 11 is 0. The highest BCUT2D eigenvalue weighted by molar-refractivity contribution is 7.00. The molecule has 3 aliphatic heterocycles. The minimum atomic E-state index is -1.53. The molecular formula is C60H72BN3Si. The molecule has 6 aromatic rings. The molecule has 0 radical (unpaired) electrons. The van der Waals surface area contributed by atoms with Crippen molar-refractivity contribution in [1.29, 1.82) is 0 Å². The Kier molecular flexibility index (Phi) is 9.79. The number of benzene rings is 6. The van der Waals surface area contributed by atoms with Gasteiger partial charge in [0.25, 0.3) is 6.71 Å². The van der Waals surface area contributed by atoms with Crippen LogP contribution in [-0.4, -0.2) is 20.3 Å². The van der Waals surface area contributed by atoms with Crippen LogP contribution in [0.2, 0.25) is 19.6 Å². The highest BCUT2D eigenvalue weighted by Gasteiger charge is 2.58. The predicted octanol–water partition coefficient (Wildman–Crippen LogP) is 14.3. The second-order valence-corrected chi connectivity index (χ2v) is 29.9. The zero-order valence-electron chi connectivity index (χ0n) is 42.2. The van der Waals surface area contributed by atoms with Crippen molar-refractivity contribution in [3.63, 3.8) is 0 Å². The third kappa shape index (κ3) is 6.79. The molecule has 2 unspecified atom stereocenters. The van der Waals surface area contributed by atoms with E-state index >= 15 is 0 Å². The van der Waals surface area contributed by atoms with Gasteiger partial charge in [0.05, 0.1) is 13.6 Å². The summed E-state index contributed by atoms with van der Waals surface area (Å²) < 4.78 is 0. The second kappa shape index (κ2) is 14.5. The van der Waals surface area contributed by atoms with Gasteiger partial charge in [0.2, 0.25) is 0 Å². The van der Waals surface area contributed by atoms with Crippen LogP contribution >= 0.6 is 0 Å². The van der Waals surface area contributed by atoms with Crippen molar-refractivity contribution in [2.45, 2.75) is 156 Å². The van der Waals surface area contributed by atoms with Crippen molar-refractivity contribution in [2.75, 3.05) is 14.7 Å². The molecule has 1 aliphatic carbocycles. The summed E-state index contributed by atoms with van der Waals surface area (Å²) in [5, 5.41) is 1.56. The van der Waals surface area contributed by atoms with E-state index in [9.17, 15) is 0 Å². The van der Waals surface area contributed by atoms with Crippen LogP contribution in [0.5, 0.6) is 0 Å². The Morgan fingerprint density at radius 2 is 1.06 bits per heavy atom. The fourth-order valence-corrected chi connectivity index (χ4v) is 13.3. The van der Waals surface area contributed by atoms with E-state index in [-0.39, 0.29) is 33.9 Å². The lowest BCUT2D eigenvalue weighted by atomic mass is 9.33. The van der Waals surface area contributed by atoms with Crippen molar-refractivity contribution >= 4 is 81.9 Å². The zero-order valence-corrected chi connectivity index (χ0v) is 43.2. The average Bonchev–Trinajstić information content (AvgIpc) is 3.44. The molecule has 3 heterocycles. The van der Waals surface area contributed by atoms with Crippen molar-refractivity contribution < 1.29 is 0 Å². The summed E-state index contributed by atoms with van der Waals surface area (Å²) in [7, 11) is -1.53. The molecule has 3 nitrogen and oxygen atoms in total. The van der Waals surface area contributed by atoms with E-state index in [4.69, 9.17) is 0 Å². The lowest BCUT2D eigenvalue weighted by Gasteiger charge is -2.50. The number of aryl methyl sites for hydroxylation is 1. The van der Waals surface area contributed by atoms with Gasteiger partial charge in [-0.3, -0.25) is 0 Å². The second-order valence-electron chi connectivity index (χ2n) is 24.8. The van der Waals surface area contributed by atoms with Gasteiger partial charge in [0.15, 0.2) is 0 Å². The Hall–Kier alpha value is -5.00. The maximum atomic E-state index is 2.79. The number of rotatable bonds is 4. The van der Waals surface area contributed by atoms with Crippen LogP contribution in [0.25, 0.3) is 0 Å². The highest BCUT2D eigenvalue weighted by Crippen LogP contribution is 2.61. The molecule has 0 N–H and O–H groups in total. The van der Waals surface area contributed by atoms with E-state index in [1.165, 1.54) is 110 Å². The van der Waals surface area contributed by atoms with Gasteiger partial charge in [-0.25, -0.2) is 0 Å². The van der Waals surface area contributed by atoms with Crippen LogP contribution in [0.4, 0.5) is 45.5 Å². The Morgan fingerprint density at radius 1 is 0.508 bits per heavy atom. The molecule has 4 aliphatic rings. The highest BCUT2D eigenvalue weighted by atomic mass is 28.3. The SMILES string of the molecule is Cc1cc2c3c(c1)N(c1cccc(C(C)(C)C)c1)c1cc(C(C)(C)C)ccc1B3c1ccc(N3c4ccc([Si](C)(C)C)cc4C4(C)CCCCC34C)cc1N2c1ccc(C(C)(C)C)cc1. The summed E-state index contributed by atoms with van der Waals surface area (Å²) in [6.45, 7) is 36.0. The van der Waals surface area contributed by atoms with E-state index in [1.54, 1.807) is 10.8 Å². The van der Waals surface area contributed by atoms with E-state index < -0.39 is 8.07 Å². The topological polar surface area (TPSA) is 9.72 Å². The first kappa shape index (κ1) is 43.9. The molecule has 10 rings (SSSR count). The minimum Gasteiger partial charge on any atom is -0.334 e. The smallest absolute Gasteiger partial charge is 0.252 e. The standard InChI is InChI=1S/C60H72BN3Si/c1-39-33-53-55-54(34-39)63(44-20-18-19-41(35-44)57(5,6)7)51-36-42(58(8,9)10)23-28-48(51)61(55)49-29-26-45(37-52(49)62(53)43-24-21-40(22-25-43)56(2,3)4)64-50-30-27-46(65(13,14)15)38-47(50)59(11)31-16-17-32-60(59,64)12/h18-30,33-38H,16-17,31-32H2,1-15H3. The van der Waals surface area contributed by atoms with Crippen LogP contribution in [0.15, 0.2) is 115 Å². The lowest BCUT2D eigenvalue weighted by molar-refractivity contribution is 0.195. The van der Waals surface area contributed by atoms with E-state index in [1.807, 2.05) is 0 Å².